The summed E-state index contributed by atoms with van der Waals surface area (Å²) in [6.07, 6.45) is 0.0178. The molecule has 11 heteroatoms. The number of sulfone groups is 1. The molecule has 1 aliphatic rings. The molecule has 2 N–H and O–H groups in total. The molecular weight excluding hydrogens is 418 g/mol. The summed E-state index contributed by atoms with van der Waals surface area (Å²) in [7, 11) is -3.51. The number of hydrogen-bond donors (Lipinski definition) is 2. The van der Waals surface area contributed by atoms with E-state index in [4.69, 9.17) is 14.6 Å². The molecule has 0 bridgehead atoms. The van der Waals surface area contributed by atoms with E-state index < -0.39 is 15.9 Å². The normalized spacial score (nSPS) is 15.2. The van der Waals surface area contributed by atoms with Crippen molar-refractivity contribution in [2.45, 2.75) is 11.4 Å². The van der Waals surface area contributed by atoms with Crippen molar-refractivity contribution in [3.8, 4) is 17.0 Å². The molecule has 0 aliphatic carbocycles. The maximum atomic E-state index is 12.3. The predicted molar refractivity (Wildman–Crippen MR) is 108 cm³/mol. The smallest absolute Gasteiger partial charge is 0.405 e. The summed E-state index contributed by atoms with van der Waals surface area (Å²) in [5.41, 5.74) is 1.21. The first kappa shape index (κ1) is 21.5. The lowest BCUT2D eigenvalue weighted by Crippen LogP contribution is -2.38. The summed E-state index contributed by atoms with van der Waals surface area (Å²) < 4.78 is 35.7. The Morgan fingerprint density at radius 1 is 1.38 bits per heavy atom. The highest BCUT2D eigenvalue weighted by Gasteiger charge is 2.18. The zero-order valence-electron chi connectivity index (χ0n) is 16.0. The third-order valence-electron chi connectivity index (χ3n) is 4.35. The first-order chi connectivity index (χ1) is 13.8. The second kappa shape index (κ2) is 9.53. The van der Waals surface area contributed by atoms with E-state index >= 15 is 0 Å². The average molecular weight is 442 g/mol. The number of rotatable bonds is 8. The number of morpholine rings is 1. The fourth-order valence-corrected chi connectivity index (χ4v) is 4.44. The molecule has 1 fully saturated rings. The largest absolute Gasteiger partial charge is 0.491 e. The van der Waals surface area contributed by atoms with Crippen LogP contribution in [0.25, 0.3) is 11.3 Å². The Morgan fingerprint density at radius 3 is 2.83 bits per heavy atom. The molecule has 0 atom stereocenters. The Hall–Kier alpha value is -2.21. The third-order valence-corrected chi connectivity index (χ3v) is 6.32. The molecule has 1 amide bonds. The van der Waals surface area contributed by atoms with Gasteiger partial charge in [-0.15, -0.1) is 11.3 Å². The van der Waals surface area contributed by atoms with Gasteiger partial charge in [0.25, 0.3) is 0 Å². The SMILES string of the molecule is CS(=O)(=O)c1cc(-c2csc(CNC(=O)O)n2)ccc1OCCN1CCOCC1. The van der Waals surface area contributed by atoms with Crippen LogP contribution in [0.5, 0.6) is 5.75 Å². The number of aromatic nitrogens is 1. The van der Waals surface area contributed by atoms with Crippen LogP contribution in [0.4, 0.5) is 4.79 Å². The van der Waals surface area contributed by atoms with Crippen molar-refractivity contribution in [1.82, 2.24) is 15.2 Å². The lowest BCUT2D eigenvalue weighted by atomic mass is 10.1. The van der Waals surface area contributed by atoms with Gasteiger partial charge in [0.05, 0.1) is 25.5 Å². The highest BCUT2D eigenvalue weighted by molar-refractivity contribution is 7.90. The van der Waals surface area contributed by atoms with Crippen LogP contribution in [-0.4, -0.2) is 75.2 Å². The Kier molecular flexibility index (Phi) is 7.06. The highest BCUT2D eigenvalue weighted by Crippen LogP contribution is 2.31. The molecule has 1 aromatic heterocycles. The van der Waals surface area contributed by atoms with Crippen molar-refractivity contribution >= 4 is 27.3 Å². The Labute approximate surface area is 173 Å². The molecule has 9 nitrogen and oxygen atoms in total. The lowest BCUT2D eigenvalue weighted by Gasteiger charge is -2.26. The van der Waals surface area contributed by atoms with Crippen LogP contribution in [0.3, 0.4) is 0 Å². The molecule has 0 saturated carbocycles. The highest BCUT2D eigenvalue weighted by atomic mass is 32.2. The molecule has 0 radical (unpaired) electrons. The molecule has 1 saturated heterocycles. The fraction of sp³-hybridized carbons (Fsp3) is 0.444. The van der Waals surface area contributed by atoms with Gasteiger partial charge in [-0.25, -0.2) is 18.2 Å². The zero-order chi connectivity index (χ0) is 20.9. The molecule has 2 heterocycles. The number of thiazole rings is 1. The summed E-state index contributed by atoms with van der Waals surface area (Å²) in [6, 6.07) is 4.94. The summed E-state index contributed by atoms with van der Waals surface area (Å²) >= 11 is 1.30. The van der Waals surface area contributed by atoms with Crippen molar-refractivity contribution in [1.29, 1.82) is 0 Å². The summed E-state index contributed by atoms with van der Waals surface area (Å²) in [4.78, 5) is 17.3. The second-order valence-corrected chi connectivity index (χ2v) is 9.45. The summed E-state index contributed by atoms with van der Waals surface area (Å²) in [5.74, 6) is 0.313. The topological polar surface area (TPSA) is 118 Å². The Balaban J connectivity index is 1.73. The van der Waals surface area contributed by atoms with E-state index in [1.807, 2.05) is 0 Å². The van der Waals surface area contributed by atoms with Crippen molar-refractivity contribution in [2.75, 3.05) is 45.7 Å². The second-order valence-electron chi connectivity index (χ2n) is 6.52. The van der Waals surface area contributed by atoms with Gasteiger partial charge < -0.3 is 19.9 Å². The molecule has 2 aromatic rings. The average Bonchev–Trinajstić information content (AvgIpc) is 3.16. The molecule has 1 aliphatic heterocycles. The predicted octanol–water partition coefficient (Wildman–Crippen LogP) is 1.69. The van der Waals surface area contributed by atoms with E-state index in [0.717, 1.165) is 19.3 Å². The Morgan fingerprint density at radius 2 is 2.14 bits per heavy atom. The molecule has 0 spiro atoms. The zero-order valence-corrected chi connectivity index (χ0v) is 17.6. The number of nitrogens with zero attached hydrogens (tertiary/aromatic N) is 2. The molecule has 1 aromatic carbocycles. The number of nitrogens with one attached hydrogen (secondary N) is 1. The monoisotopic (exact) mass is 441 g/mol. The van der Waals surface area contributed by atoms with E-state index in [0.29, 0.717) is 48.4 Å². The van der Waals surface area contributed by atoms with Gasteiger partial charge in [0, 0.05) is 36.8 Å². The number of amides is 1. The minimum absolute atomic E-state index is 0.0989. The number of ether oxygens (including phenoxy) is 2. The Bertz CT molecular complexity index is 954. The van der Waals surface area contributed by atoms with Gasteiger partial charge in [-0.1, -0.05) is 0 Å². The van der Waals surface area contributed by atoms with Gasteiger partial charge >= 0.3 is 6.09 Å². The van der Waals surface area contributed by atoms with Gasteiger partial charge in [0.15, 0.2) is 9.84 Å². The van der Waals surface area contributed by atoms with Crippen LogP contribution in [0.15, 0.2) is 28.5 Å². The quantitative estimate of drug-likeness (QED) is 0.635. The molecule has 158 valence electrons. The minimum Gasteiger partial charge on any atom is -0.491 e. The maximum absolute atomic E-state index is 12.3. The first-order valence-corrected chi connectivity index (χ1v) is 11.8. The van der Waals surface area contributed by atoms with Crippen LogP contribution < -0.4 is 10.1 Å². The van der Waals surface area contributed by atoms with Gasteiger partial charge in [-0.2, -0.15) is 0 Å². The van der Waals surface area contributed by atoms with Crippen molar-refractivity contribution < 1.29 is 27.8 Å². The van der Waals surface area contributed by atoms with Gasteiger partial charge in [-0.05, 0) is 18.2 Å². The van der Waals surface area contributed by atoms with Gasteiger partial charge in [-0.3, -0.25) is 4.90 Å². The minimum atomic E-state index is -3.51. The summed E-state index contributed by atoms with van der Waals surface area (Å²) in [6.45, 7) is 4.24. The van der Waals surface area contributed by atoms with Crippen molar-refractivity contribution in [3.63, 3.8) is 0 Å². The van der Waals surface area contributed by atoms with Crippen LogP contribution >= 0.6 is 11.3 Å². The maximum Gasteiger partial charge on any atom is 0.405 e. The van der Waals surface area contributed by atoms with Gasteiger partial charge in [0.2, 0.25) is 0 Å². The molecule has 29 heavy (non-hydrogen) atoms. The van der Waals surface area contributed by atoms with E-state index in [-0.39, 0.29) is 11.4 Å². The molecule has 3 rings (SSSR count). The van der Waals surface area contributed by atoms with E-state index in [1.165, 1.54) is 11.3 Å². The number of carboxylic acid groups (broad SMARTS) is 1. The van der Waals surface area contributed by atoms with Crippen LogP contribution in [0, 0.1) is 0 Å². The van der Waals surface area contributed by atoms with Crippen LogP contribution in [0.1, 0.15) is 5.01 Å². The molecular formula is C18H23N3O6S2. The fourth-order valence-electron chi connectivity index (χ4n) is 2.86. The number of carbonyl (C=O) groups is 1. The number of hydrogen-bond acceptors (Lipinski definition) is 8. The van der Waals surface area contributed by atoms with Crippen molar-refractivity contribution in [2.24, 2.45) is 0 Å². The van der Waals surface area contributed by atoms with Crippen LogP contribution in [0.2, 0.25) is 0 Å². The van der Waals surface area contributed by atoms with Crippen molar-refractivity contribution in [3.05, 3.63) is 28.6 Å². The molecule has 0 unspecified atom stereocenters. The standard InChI is InChI=1S/C18H23N3O6S2/c1-29(24,25)16-10-13(14-12-28-17(20-14)11-19-18(22)23)2-3-15(16)27-9-6-21-4-7-26-8-5-21/h2-3,10,12,19H,4-9,11H2,1H3,(H,22,23). The van der Waals surface area contributed by atoms with E-state index in [9.17, 15) is 13.2 Å². The van der Waals surface area contributed by atoms with Crippen LogP contribution in [-0.2, 0) is 21.1 Å². The summed E-state index contributed by atoms with van der Waals surface area (Å²) in [5, 5.41) is 13.3. The van der Waals surface area contributed by atoms with E-state index in [2.05, 4.69) is 15.2 Å². The van der Waals surface area contributed by atoms with Gasteiger partial charge in [0.1, 0.15) is 22.3 Å². The van der Waals surface area contributed by atoms with E-state index in [1.54, 1.807) is 23.6 Å². The lowest BCUT2D eigenvalue weighted by molar-refractivity contribution is 0.0321. The number of benzene rings is 1. The third kappa shape index (κ3) is 6.13. The first-order valence-electron chi connectivity index (χ1n) is 9.01.